The Hall–Kier alpha value is -1.92. The summed E-state index contributed by atoms with van der Waals surface area (Å²) in [7, 11) is 3.14. The molecule has 0 bridgehead atoms. The summed E-state index contributed by atoms with van der Waals surface area (Å²) in [5.41, 5.74) is 7.25. The van der Waals surface area contributed by atoms with Gasteiger partial charge in [0.15, 0.2) is 0 Å². The van der Waals surface area contributed by atoms with E-state index in [1.165, 1.54) is 7.11 Å². The molecule has 1 aromatic rings. The molecule has 1 amide bonds. The quantitative estimate of drug-likeness (QED) is 0.732. The van der Waals surface area contributed by atoms with Crippen LogP contribution in [-0.2, 0) is 20.9 Å². The molecule has 0 aliphatic rings. The van der Waals surface area contributed by atoms with Crippen molar-refractivity contribution in [3.05, 3.63) is 29.8 Å². The van der Waals surface area contributed by atoms with Gasteiger partial charge in [-0.2, -0.15) is 0 Å². The maximum absolute atomic E-state index is 12.2. The van der Waals surface area contributed by atoms with Gasteiger partial charge in [0, 0.05) is 18.8 Å². The molecule has 0 heterocycles. The number of rotatable bonds is 7. The Morgan fingerprint density at radius 2 is 2.05 bits per heavy atom. The second-order valence-electron chi connectivity index (χ2n) is 4.83. The molecule has 1 rings (SSSR count). The summed E-state index contributed by atoms with van der Waals surface area (Å²) < 4.78 is 4.59. The van der Waals surface area contributed by atoms with E-state index in [4.69, 9.17) is 5.73 Å². The Balaban J connectivity index is 2.59. The SMILES string of the molecule is COC(=O)CCN(C)C(C)C(=O)Nc1ccccc1CN. The number of anilines is 1. The average molecular weight is 293 g/mol. The van der Waals surface area contributed by atoms with Gasteiger partial charge < -0.3 is 15.8 Å². The van der Waals surface area contributed by atoms with Crippen LogP contribution in [-0.4, -0.2) is 43.5 Å². The lowest BCUT2D eigenvalue weighted by Gasteiger charge is -2.23. The zero-order chi connectivity index (χ0) is 15.8. The summed E-state index contributed by atoms with van der Waals surface area (Å²) in [5, 5.41) is 2.87. The minimum Gasteiger partial charge on any atom is -0.469 e. The lowest BCUT2D eigenvalue weighted by molar-refractivity contribution is -0.141. The van der Waals surface area contributed by atoms with Crippen molar-refractivity contribution in [2.45, 2.75) is 25.9 Å². The number of carbonyl (C=O) groups excluding carboxylic acids is 2. The van der Waals surface area contributed by atoms with Crippen molar-refractivity contribution in [3.8, 4) is 0 Å². The predicted octanol–water partition coefficient (Wildman–Crippen LogP) is 0.967. The van der Waals surface area contributed by atoms with Crippen LogP contribution in [0, 0.1) is 0 Å². The molecule has 0 aromatic heterocycles. The highest BCUT2D eigenvalue weighted by Crippen LogP contribution is 2.15. The smallest absolute Gasteiger partial charge is 0.306 e. The Kier molecular flexibility index (Phi) is 6.84. The summed E-state index contributed by atoms with van der Waals surface area (Å²) >= 11 is 0. The fraction of sp³-hybridized carbons (Fsp3) is 0.467. The molecule has 0 aliphatic heterocycles. The Bertz CT molecular complexity index is 491. The number of carbonyl (C=O) groups is 2. The first kappa shape index (κ1) is 17.1. The molecular weight excluding hydrogens is 270 g/mol. The van der Waals surface area contributed by atoms with Gasteiger partial charge in [0.05, 0.1) is 19.6 Å². The number of benzene rings is 1. The van der Waals surface area contributed by atoms with Gasteiger partial charge in [-0.05, 0) is 25.6 Å². The predicted molar refractivity (Wildman–Crippen MR) is 81.7 cm³/mol. The van der Waals surface area contributed by atoms with Crippen molar-refractivity contribution in [1.29, 1.82) is 0 Å². The number of nitrogens with zero attached hydrogens (tertiary/aromatic N) is 1. The van der Waals surface area contributed by atoms with Crippen LogP contribution < -0.4 is 11.1 Å². The summed E-state index contributed by atoms with van der Waals surface area (Å²) in [6, 6.07) is 7.06. The minimum absolute atomic E-state index is 0.136. The third-order valence-corrected chi connectivity index (χ3v) is 3.43. The standard InChI is InChI=1S/C15H23N3O3/c1-11(18(2)9-8-14(19)21-3)15(20)17-13-7-5-4-6-12(13)10-16/h4-7,11H,8-10,16H2,1-3H3,(H,17,20). The van der Waals surface area contributed by atoms with Gasteiger partial charge in [-0.25, -0.2) is 0 Å². The monoisotopic (exact) mass is 293 g/mol. The van der Waals surface area contributed by atoms with Crippen LogP contribution in [0.25, 0.3) is 0 Å². The molecule has 0 spiro atoms. The zero-order valence-electron chi connectivity index (χ0n) is 12.8. The molecule has 3 N–H and O–H groups in total. The van der Waals surface area contributed by atoms with Crippen LogP contribution in [0.5, 0.6) is 0 Å². The fourth-order valence-corrected chi connectivity index (χ4v) is 1.82. The Morgan fingerprint density at radius 3 is 2.67 bits per heavy atom. The molecule has 0 saturated heterocycles. The molecule has 0 saturated carbocycles. The molecule has 1 atom stereocenters. The van der Waals surface area contributed by atoms with Gasteiger partial charge in [-0.3, -0.25) is 14.5 Å². The van der Waals surface area contributed by atoms with E-state index < -0.39 is 0 Å². The van der Waals surface area contributed by atoms with Gasteiger partial charge in [0.1, 0.15) is 0 Å². The average Bonchev–Trinajstić information content (AvgIpc) is 2.51. The zero-order valence-corrected chi connectivity index (χ0v) is 12.8. The highest BCUT2D eigenvalue weighted by molar-refractivity contribution is 5.95. The second kappa shape index (κ2) is 8.39. The van der Waals surface area contributed by atoms with Crippen molar-refractivity contribution in [2.75, 3.05) is 26.0 Å². The molecule has 0 radical (unpaired) electrons. The van der Waals surface area contributed by atoms with Crippen LogP contribution in [0.4, 0.5) is 5.69 Å². The summed E-state index contributed by atoms with van der Waals surface area (Å²) in [5.74, 6) is -0.425. The molecule has 21 heavy (non-hydrogen) atoms. The third-order valence-electron chi connectivity index (χ3n) is 3.43. The van der Waals surface area contributed by atoms with Crippen LogP contribution in [0.3, 0.4) is 0 Å². The molecule has 1 aromatic carbocycles. The van der Waals surface area contributed by atoms with Crippen molar-refractivity contribution in [2.24, 2.45) is 5.73 Å². The van der Waals surface area contributed by atoms with E-state index in [-0.39, 0.29) is 24.3 Å². The van der Waals surface area contributed by atoms with E-state index in [1.54, 1.807) is 18.9 Å². The molecular formula is C15H23N3O3. The third kappa shape index (κ3) is 5.17. The summed E-state index contributed by atoms with van der Waals surface area (Å²) in [4.78, 5) is 25.1. The molecule has 6 nitrogen and oxygen atoms in total. The van der Waals surface area contributed by atoms with Gasteiger partial charge in [0.25, 0.3) is 0 Å². The highest BCUT2D eigenvalue weighted by Gasteiger charge is 2.19. The largest absolute Gasteiger partial charge is 0.469 e. The van der Waals surface area contributed by atoms with Crippen molar-refractivity contribution in [1.82, 2.24) is 4.90 Å². The number of amides is 1. The lowest BCUT2D eigenvalue weighted by Crippen LogP contribution is -2.40. The topological polar surface area (TPSA) is 84.7 Å². The number of hydrogen-bond donors (Lipinski definition) is 2. The number of para-hydroxylation sites is 1. The van der Waals surface area contributed by atoms with Crippen LogP contribution in [0.1, 0.15) is 18.9 Å². The molecule has 6 heteroatoms. The molecule has 1 unspecified atom stereocenters. The first-order valence-corrected chi connectivity index (χ1v) is 6.85. The first-order chi connectivity index (χ1) is 9.99. The number of nitrogens with two attached hydrogens (primary N) is 1. The maximum Gasteiger partial charge on any atom is 0.306 e. The van der Waals surface area contributed by atoms with Gasteiger partial charge >= 0.3 is 5.97 Å². The van der Waals surface area contributed by atoms with E-state index in [0.29, 0.717) is 13.1 Å². The number of hydrogen-bond acceptors (Lipinski definition) is 5. The van der Waals surface area contributed by atoms with Gasteiger partial charge in [-0.15, -0.1) is 0 Å². The number of methoxy groups -OCH3 is 1. The van der Waals surface area contributed by atoms with Gasteiger partial charge in [0.2, 0.25) is 5.91 Å². The summed E-state index contributed by atoms with van der Waals surface area (Å²) in [6.45, 7) is 2.61. The van der Waals surface area contributed by atoms with Crippen LogP contribution in [0.15, 0.2) is 24.3 Å². The van der Waals surface area contributed by atoms with Crippen molar-refractivity contribution >= 4 is 17.6 Å². The van der Waals surface area contributed by atoms with Crippen LogP contribution >= 0.6 is 0 Å². The number of ether oxygens (including phenoxy) is 1. The number of likely N-dealkylation sites (N-methyl/N-ethyl adjacent to an activating group) is 1. The highest BCUT2D eigenvalue weighted by atomic mass is 16.5. The van der Waals surface area contributed by atoms with E-state index in [2.05, 4.69) is 10.1 Å². The molecule has 116 valence electrons. The van der Waals surface area contributed by atoms with Gasteiger partial charge in [-0.1, -0.05) is 18.2 Å². The van der Waals surface area contributed by atoms with E-state index in [9.17, 15) is 9.59 Å². The van der Waals surface area contributed by atoms with Crippen molar-refractivity contribution < 1.29 is 14.3 Å². The maximum atomic E-state index is 12.2. The second-order valence-corrected chi connectivity index (χ2v) is 4.83. The van der Waals surface area contributed by atoms with Crippen molar-refractivity contribution in [3.63, 3.8) is 0 Å². The normalized spacial score (nSPS) is 12.0. The molecule has 0 fully saturated rings. The number of nitrogens with one attached hydrogen (secondary N) is 1. The first-order valence-electron chi connectivity index (χ1n) is 6.85. The Morgan fingerprint density at radius 1 is 1.38 bits per heavy atom. The lowest BCUT2D eigenvalue weighted by atomic mass is 10.1. The molecule has 0 aliphatic carbocycles. The van der Waals surface area contributed by atoms with E-state index >= 15 is 0 Å². The Labute approximate surface area is 125 Å². The van der Waals surface area contributed by atoms with E-state index in [1.807, 2.05) is 24.3 Å². The number of esters is 1. The summed E-state index contributed by atoms with van der Waals surface area (Å²) in [6.07, 6.45) is 0.254. The fourth-order valence-electron chi connectivity index (χ4n) is 1.82. The van der Waals surface area contributed by atoms with E-state index in [0.717, 1.165) is 11.3 Å². The minimum atomic E-state index is -0.361. The van der Waals surface area contributed by atoms with Crippen LogP contribution in [0.2, 0.25) is 0 Å².